The lowest BCUT2D eigenvalue weighted by molar-refractivity contribution is -0.123. The quantitative estimate of drug-likeness (QED) is 0.802. The monoisotopic (exact) mass is 263 g/mol. The summed E-state index contributed by atoms with van der Waals surface area (Å²) in [5, 5.41) is 2.84. The van der Waals surface area contributed by atoms with Gasteiger partial charge in [0.2, 0.25) is 0 Å². The van der Waals surface area contributed by atoms with Crippen LogP contribution < -0.4 is 10.1 Å². The van der Waals surface area contributed by atoms with E-state index in [-0.39, 0.29) is 18.6 Å². The van der Waals surface area contributed by atoms with Gasteiger partial charge in [-0.2, -0.15) is 0 Å². The van der Waals surface area contributed by atoms with E-state index < -0.39 is 0 Å². The maximum atomic E-state index is 11.6. The maximum absolute atomic E-state index is 11.6. The van der Waals surface area contributed by atoms with E-state index >= 15 is 0 Å². The SMILES string of the molecule is CC[C@H](C)NC(=O)COc1c(C)cc(C=O)cc1C. The van der Waals surface area contributed by atoms with Gasteiger partial charge in [0.25, 0.3) is 5.91 Å². The molecule has 1 atom stereocenters. The van der Waals surface area contributed by atoms with Gasteiger partial charge in [-0.3, -0.25) is 9.59 Å². The number of nitrogens with one attached hydrogen (secondary N) is 1. The van der Waals surface area contributed by atoms with E-state index in [1.807, 2.05) is 27.7 Å². The normalized spacial score (nSPS) is 11.8. The number of amides is 1. The van der Waals surface area contributed by atoms with Crippen LogP contribution in [0.25, 0.3) is 0 Å². The number of benzene rings is 1. The summed E-state index contributed by atoms with van der Waals surface area (Å²) in [5.41, 5.74) is 2.34. The topological polar surface area (TPSA) is 55.4 Å². The van der Waals surface area contributed by atoms with Crippen molar-refractivity contribution in [2.45, 2.75) is 40.2 Å². The van der Waals surface area contributed by atoms with E-state index in [0.29, 0.717) is 11.3 Å². The molecule has 0 aromatic heterocycles. The summed E-state index contributed by atoms with van der Waals surface area (Å²) in [7, 11) is 0. The first-order chi connectivity index (χ1) is 8.97. The number of aryl methyl sites for hydroxylation is 2. The number of aldehydes is 1. The standard InChI is InChI=1S/C15H21NO3/c1-5-12(4)16-14(18)9-19-15-10(2)6-13(8-17)7-11(15)3/h6-8,12H,5,9H2,1-4H3,(H,16,18)/t12-/m0/s1. The molecule has 0 aliphatic heterocycles. The molecule has 19 heavy (non-hydrogen) atoms. The third kappa shape index (κ3) is 4.39. The van der Waals surface area contributed by atoms with E-state index in [1.54, 1.807) is 12.1 Å². The predicted octanol–water partition coefficient (Wildman–Crippen LogP) is 2.41. The number of ether oxygens (including phenoxy) is 1. The van der Waals surface area contributed by atoms with Crippen molar-refractivity contribution in [2.24, 2.45) is 0 Å². The summed E-state index contributed by atoms with van der Waals surface area (Å²) >= 11 is 0. The van der Waals surface area contributed by atoms with E-state index in [9.17, 15) is 9.59 Å². The van der Waals surface area contributed by atoms with Crippen molar-refractivity contribution in [1.29, 1.82) is 0 Å². The van der Waals surface area contributed by atoms with Crippen molar-refractivity contribution >= 4 is 12.2 Å². The highest BCUT2D eigenvalue weighted by Gasteiger charge is 2.10. The lowest BCUT2D eigenvalue weighted by Crippen LogP contribution is -2.35. The lowest BCUT2D eigenvalue weighted by Gasteiger charge is -2.15. The Morgan fingerprint density at radius 1 is 1.37 bits per heavy atom. The van der Waals surface area contributed by atoms with Crippen LogP contribution in [0, 0.1) is 13.8 Å². The summed E-state index contributed by atoms with van der Waals surface area (Å²) in [4.78, 5) is 22.4. The minimum Gasteiger partial charge on any atom is -0.483 e. The van der Waals surface area contributed by atoms with Gasteiger partial charge in [-0.05, 0) is 50.5 Å². The Hall–Kier alpha value is -1.84. The van der Waals surface area contributed by atoms with Gasteiger partial charge < -0.3 is 10.1 Å². The second-order valence-corrected chi connectivity index (χ2v) is 4.77. The molecular weight excluding hydrogens is 242 g/mol. The molecule has 0 aliphatic carbocycles. The molecule has 0 aliphatic rings. The Balaban J connectivity index is 2.68. The van der Waals surface area contributed by atoms with Gasteiger partial charge in [0, 0.05) is 11.6 Å². The first-order valence-corrected chi connectivity index (χ1v) is 6.46. The fraction of sp³-hybridized carbons (Fsp3) is 0.467. The Bertz CT molecular complexity index is 445. The van der Waals surface area contributed by atoms with Gasteiger partial charge in [0.05, 0.1) is 0 Å². The third-order valence-corrected chi connectivity index (χ3v) is 2.99. The number of hydrogen-bond acceptors (Lipinski definition) is 3. The molecule has 0 unspecified atom stereocenters. The fourth-order valence-electron chi connectivity index (χ4n) is 1.84. The third-order valence-electron chi connectivity index (χ3n) is 2.99. The van der Waals surface area contributed by atoms with Crippen LogP contribution in [0.1, 0.15) is 41.8 Å². The Morgan fingerprint density at radius 3 is 2.42 bits per heavy atom. The zero-order valence-corrected chi connectivity index (χ0v) is 11.9. The number of rotatable bonds is 6. The molecule has 1 N–H and O–H groups in total. The highest BCUT2D eigenvalue weighted by Crippen LogP contribution is 2.24. The summed E-state index contributed by atoms with van der Waals surface area (Å²) < 4.78 is 5.55. The van der Waals surface area contributed by atoms with Crippen LogP contribution in [0.4, 0.5) is 0 Å². The van der Waals surface area contributed by atoms with Crippen molar-refractivity contribution in [3.63, 3.8) is 0 Å². The molecule has 1 aromatic carbocycles. The summed E-state index contributed by atoms with van der Waals surface area (Å²) in [6.45, 7) is 7.68. The molecule has 4 nitrogen and oxygen atoms in total. The smallest absolute Gasteiger partial charge is 0.258 e. The van der Waals surface area contributed by atoms with E-state index in [0.717, 1.165) is 23.8 Å². The molecule has 4 heteroatoms. The first-order valence-electron chi connectivity index (χ1n) is 6.46. The van der Waals surface area contributed by atoms with Crippen molar-refractivity contribution in [3.05, 3.63) is 28.8 Å². The molecule has 1 rings (SSSR count). The molecular formula is C15H21NO3. The van der Waals surface area contributed by atoms with Crippen molar-refractivity contribution in [3.8, 4) is 5.75 Å². The van der Waals surface area contributed by atoms with Crippen LogP contribution >= 0.6 is 0 Å². The van der Waals surface area contributed by atoms with Crippen LogP contribution in [0.3, 0.4) is 0 Å². The van der Waals surface area contributed by atoms with Crippen molar-refractivity contribution in [2.75, 3.05) is 6.61 Å². The molecule has 1 amide bonds. The van der Waals surface area contributed by atoms with Gasteiger partial charge in [0.15, 0.2) is 6.61 Å². The molecule has 0 saturated carbocycles. The van der Waals surface area contributed by atoms with Gasteiger partial charge in [-0.15, -0.1) is 0 Å². The minimum atomic E-state index is -0.132. The molecule has 0 fully saturated rings. The zero-order valence-electron chi connectivity index (χ0n) is 11.9. The molecule has 0 spiro atoms. The highest BCUT2D eigenvalue weighted by molar-refractivity contribution is 5.78. The minimum absolute atomic E-state index is 0.00748. The fourth-order valence-corrected chi connectivity index (χ4v) is 1.84. The summed E-state index contributed by atoms with van der Waals surface area (Å²) in [6.07, 6.45) is 1.69. The molecule has 0 bridgehead atoms. The van der Waals surface area contributed by atoms with Crippen molar-refractivity contribution < 1.29 is 14.3 Å². The van der Waals surface area contributed by atoms with Crippen LogP contribution in [0.2, 0.25) is 0 Å². The van der Waals surface area contributed by atoms with Crippen LogP contribution in [-0.4, -0.2) is 24.8 Å². The van der Waals surface area contributed by atoms with E-state index in [2.05, 4.69) is 5.32 Å². The van der Waals surface area contributed by atoms with E-state index in [4.69, 9.17) is 4.74 Å². The lowest BCUT2D eigenvalue weighted by atomic mass is 10.1. The largest absolute Gasteiger partial charge is 0.483 e. The highest BCUT2D eigenvalue weighted by atomic mass is 16.5. The Morgan fingerprint density at radius 2 is 1.95 bits per heavy atom. The molecule has 1 aromatic rings. The predicted molar refractivity (Wildman–Crippen MR) is 74.7 cm³/mol. The second-order valence-electron chi connectivity index (χ2n) is 4.77. The molecule has 0 heterocycles. The van der Waals surface area contributed by atoms with Crippen molar-refractivity contribution in [1.82, 2.24) is 5.32 Å². The molecule has 0 radical (unpaired) electrons. The maximum Gasteiger partial charge on any atom is 0.258 e. The Labute approximate surface area is 114 Å². The van der Waals surface area contributed by atoms with Gasteiger partial charge in [-0.25, -0.2) is 0 Å². The Kier molecular flexibility index (Phi) is 5.55. The van der Waals surface area contributed by atoms with Gasteiger partial charge in [0.1, 0.15) is 12.0 Å². The zero-order chi connectivity index (χ0) is 14.4. The van der Waals surface area contributed by atoms with Crippen LogP contribution in [-0.2, 0) is 4.79 Å². The first kappa shape index (κ1) is 15.2. The van der Waals surface area contributed by atoms with Gasteiger partial charge in [-0.1, -0.05) is 6.92 Å². The summed E-state index contributed by atoms with van der Waals surface area (Å²) in [5.74, 6) is 0.539. The van der Waals surface area contributed by atoms with E-state index in [1.165, 1.54) is 0 Å². The summed E-state index contributed by atoms with van der Waals surface area (Å²) in [6, 6.07) is 3.65. The number of carbonyl (C=O) groups excluding carboxylic acids is 2. The molecule has 0 saturated heterocycles. The average Bonchev–Trinajstić information content (AvgIpc) is 2.37. The number of carbonyl (C=O) groups is 2. The van der Waals surface area contributed by atoms with Crippen LogP contribution in [0.5, 0.6) is 5.75 Å². The number of hydrogen-bond donors (Lipinski definition) is 1. The molecule has 104 valence electrons. The second kappa shape index (κ2) is 6.92. The van der Waals surface area contributed by atoms with Crippen LogP contribution in [0.15, 0.2) is 12.1 Å². The van der Waals surface area contributed by atoms with Gasteiger partial charge >= 0.3 is 0 Å². The average molecular weight is 263 g/mol.